The molecule has 0 unspecified atom stereocenters. The second kappa shape index (κ2) is 9.69. The average molecular weight is 432 g/mol. The molecule has 2 aliphatic heterocycles. The number of morpholine rings is 1. The Hall–Kier alpha value is -1.93. The van der Waals surface area contributed by atoms with E-state index in [-0.39, 0.29) is 11.8 Å². The highest BCUT2D eigenvalue weighted by atomic mass is 16.5. The van der Waals surface area contributed by atoms with Crippen LogP contribution in [0.4, 0.5) is 0 Å². The standard InChI is InChI=1S/C23H37N5O3/c1-3-21(29)28-10-6-18-16-19(27-12-14-31-15-13-27)4-7-23(18,17-28)22(30)25-8-5-20-24-9-11-26(20)2/h9,11,18-19H,3-8,10,12-17H2,1-2H3,(H,25,30)/t18-,19-,23-/m1/s1. The number of ether oxygens (including phenoxy) is 1. The second-order valence-electron chi connectivity index (χ2n) is 9.35. The van der Waals surface area contributed by atoms with Gasteiger partial charge in [-0.15, -0.1) is 0 Å². The van der Waals surface area contributed by atoms with Crippen LogP contribution in [0.2, 0.25) is 0 Å². The number of piperidine rings is 1. The first-order valence-electron chi connectivity index (χ1n) is 11.9. The molecule has 8 nitrogen and oxygen atoms in total. The normalized spacial score (nSPS) is 29.4. The van der Waals surface area contributed by atoms with Crippen LogP contribution in [0.1, 0.15) is 44.9 Å². The van der Waals surface area contributed by atoms with E-state index in [9.17, 15) is 9.59 Å². The lowest BCUT2D eigenvalue weighted by Crippen LogP contribution is -2.61. The molecule has 3 atom stereocenters. The summed E-state index contributed by atoms with van der Waals surface area (Å²) < 4.78 is 7.52. The Bertz CT molecular complexity index is 775. The van der Waals surface area contributed by atoms with Gasteiger partial charge in [0.05, 0.1) is 18.6 Å². The van der Waals surface area contributed by atoms with Gasteiger partial charge in [0.1, 0.15) is 5.82 Å². The molecule has 1 aromatic heterocycles. The molecule has 3 heterocycles. The van der Waals surface area contributed by atoms with E-state index in [0.717, 1.165) is 64.4 Å². The SMILES string of the molecule is CCC(=O)N1CC[C@@H]2C[C@H](N3CCOCC3)CC[C@@]2(C(=O)NCCc2nccn2C)C1. The van der Waals surface area contributed by atoms with Crippen molar-refractivity contribution in [1.29, 1.82) is 0 Å². The third kappa shape index (κ3) is 4.65. The third-order valence-electron chi connectivity index (χ3n) is 7.71. The molecule has 0 aromatic carbocycles. The summed E-state index contributed by atoms with van der Waals surface area (Å²) >= 11 is 0. The summed E-state index contributed by atoms with van der Waals surface area (Å²) in [7, 11) is 1.97. The van der Waals surface area contributed by atoms with Crippen molar-refractivity contribution in [3.63, 3.8) is 0 Å². The quantitative estimate of drug-likeness (QED) is 0.732. The van der Waals surface area contributed by atoms with E-state index in [1.165, 1.54) is 0 Å². The lowest BCUT2D eigenvalue weighted by molar-refractivity contribution is -0.151. The molecule has 0 spiro atoms. The number of aromatic nitrogens is 2. The lowest BCUT2D eigenvalue weighted by atomic mass is 9.60. The first-order chi connectivity index (χ1) is 15.0. The van der Waals surface area contributed by atoms with Gasteiger partial charge in [0.25, 0.3) is 0 Å². The van der Waals surface area contributed by atoms with Crippen molar-refractivity contribution in [2.45, 2.75) is 51.5 Å². The zero-order valence-electron chi connectivity index (χ0n) is 19.0. The monoisotopic (exact) mass is 431 g/mol. The fraction of sp³-hybridized carbons (Fsp3) is 0.783. The number of carbonyl (C=O) groups excluding carboxylic acids is 2. The van der Waals surface area contributed by atoms with Crippen molar-refractivity contribution in [1.82, 2.24) is 24.7 Å². The maximum atomic E-state index is 13.6. The molecule has 2 amide bonds. The Balaban J connectivity index is 1.45. The molecule has 0 bridgehead atoms. The summed E-state index contributed by atoms with van der Waals surface area (Å²) in [4.78, 5) is 34.9. The highest BCUT2D eigenvalue weighted by molar-refractivity contribution is 5.85. The van der Waals surface area contributed by atoms with E-state index in [4.69, 9.17) is 4.74 Å². The first kappa shape index (κ1) is 22.3. The van der Waals surface area contributed by atoms with Gasteiger partial charge in [-0.3, -0.25) is 14.5 Å². The van der Waals surface area contributed by atoms with Gasteiger partial charge in [-0.1, -0.05) is 6.92 Å². The van der Waals surface area contributed by atoms with Crippen molar-refractivity contribution in [2.24, 2.45) is 18.4 Å². The number of carbonyl (C=O) groups is 2. The molecule has 1 aliphatic carbocycles. The molecule has 2 saturated heterocycles. The van der Waals surface area contributed by atoms with Crippen molar-refractivity contribution in [2.75, 3.05) is 45.9 Å². The Morgan fingerprint density at radius 3 is 2.77 bits per heavy atom. The van der Waals surface area contributed by atoms with Crippen LogP contribution in [-0.4, -0.2) is 83.1 Å². The van der Waals surface area contributed by atoms with Crippen molar-refractivity contribution in [3.8, 4) is 0 Å². The number of hydrogen-bond acceptors (Lipinski definition) is 5. The predicted molar refractivity (Wildman–Crippen MR) is 117 cm³/mol. The van der Waals surface area contributed by atoms with E-state index >= 15 is 0 Å². The van der Waals surface area contributed by atoms with Crippen molar-refractivity contribution >= 4 is 11.8 Å². The second-order valence-corrected chi connectivity index (χ2v) is 9.35. The van der Waals surface area contributed by atoms with Crippen LogP contribution in [0.5, 0.6) is 0 Å². The molecule has 1 aromatic rings. The molecular weight excluding hydrogens is 394 g/mol. The zero-order chi connectivity index (χ0) is 21.8. The summed E-state index contributed by atoms with van der Waals surface area (Å²) in [5.41, 5.74) is -0.465. The largest absolute Gasteiger partial charge is 0.379 e. The number of amides is 2. The van der Waals surface area contributed by atoms with Gasteiger partial charge in [-0.2, -0.15) is 0 Å². The van der Waals surface area contributed by atoms with E-state index in [0.29, 0.717) is 37.9 Å². The number of rotatable bonds is 6. The number of nitrogens with zero attached hydrogens (tertiary/aromatic N) is 4. The van der Waals surface area contributed by atoms with Crippen molar-refractivity contribution < 1.29 is 14.3 Å². The average Bonchev–Trinajstić information content (AvgIpc) is 3.22. The van der Waals surface area contributed by atoms with Crippen LogP contribution in [-0.2, 0) is 27.8 Å². The van der Waals surface area contributed by atoms with Gasteiger partial charge in [0.2, 0.25) is 11.8 Å². The van der Waals surface area contributed by atoms with Gasteiger partial charge >= 0.3 is 0 Å². The van der Waals surface area contributed by atoms with Gasteiger partial charge in [-0.05, 0) is 31.6 Å². The topological polar surface area (TPSA) is 79.7 Å². The molecule has 8 heteroatoms. The highest BCUT2D eigenvalue weighted by Crippen LogP contribution is 2.48. The Kier molecular flexibility index (Phi) is 6.96. The maximum Gasteiger partial charge on any atom is 0.228 e. The molecule has 3 aliphatic rings. The van der Waals surface area contributed by atoms with E-state index < -0.39 is 5.41 Å². The minimum Gasteiger partial charge on any atom is -0.379 e. The van der Waals surface area contributed by atoms with Crippen LogP contribution in [0.25, 0.3) is 0 Å². The van der Waals surface area contributed by atoms with E-state index in [1.54, 1.807) is 6.20 Å². The third-order valence-corrected chi connectivity index (χ3v) is 7.71. The highest BCUT2D eigenvalue weighted by Gasteiger charge is 2.53. The van der Waals surface area contributed by atoms with Crippen LogP contribution < -0.4 is 5.32 Å². The van der Waals surface area contributed by atoms with E-state index in [1.807, 2.05) is 29.6 Å². The Morgan fingerprint density at radius 1 is 1.26 bits per heavy atom. The van der Waals surface area contributed by atoms with Gasteiger partial charge in [0.15, 0.2) is 0 Å². The number of fused-ring (bicyclic) bond motifs is 1. The number of likely N-dealkylation sites (tertiary alicyclic amines) is 1. The summed E-state index contributed by atoms with van der Waals surface area (Å²) in [5.74, 6) is 1.58. The van der Waals surface area contributed by atoms with Gasteiger partial charge in [-0.25, -0.2) is 4.98 Å². The minimum atomic E-state index is -0.465. The molecule has 31 heavy (non-hydrogen) atoms. The number of nitrogens with one attached hydrogen (secondary N) is 1. The van der Waals surface area contributed by atoms with Crippen LogP contribution in [0, 0.1) is 11.3 Å². The number of imidazole rings is 1. The minimum absolute atomic E-state index is 0.126. The Morgan fingerprint density at radius 2 is 2.06 bits per heavy atom. The molecule has 172 valence electrons. The molecular formula is C23H37N5O3. The summed E-state index contributed by atoms with van der Waals surface area (Å²) in [5, 5.41) is 3.22. The van der Waals surface area contributed by atoms with Gasteiger partial charge < -0.3 is 19.5 Å². The fourth-order valence-corrected chi connectivity index (χ4v) is 5.82. The fourth-order valence-electron chi connectivity index (χ4n) is 5.82. The van der Waals surface area contributed by atoms with E-state index in [2.05, 4.69) is 15.2 Å². The van der Waals surface area contributed by atoms with Crippen LogP contribution >= 0.6 is 0 Å². The number of hydrogen-bond donors (Lipinski definition) is 1. The summed E-state index contributed by atoms with van der Waals surface area (Å²) in [6.07, 6.45) is 8.74. The van der Waals surface area contributed by atoms with Crippen LogP contribution in [0.3, 0.4) is 0 Å². The molecule has 1 saturated carbocycles. The maximum absolute atomic E-state index is 13.6. The summed E-state index contributed by atoms with van der Waals surface area (Å²) in [6, 6.07) is 0.524. The smallest absolute Gasteiger partial charge is 0.228 e. The first-order valence-corrected chi connectivity index (χ1v) is 11.9. The Labute approximate surface area is 185 Å². The summed E-state index contributed by atoms with van der Waals surface area (Å²) in [6.45, 7) is 7.40. The molecule has 3 fully saturated rings. The molecule has 4 rings (SSSR count). The molecule has 0 radical (unpaired) electrons. The van der Waals surface area contributed by atoms with Gasteiger partial charge in [0, 0.05) is 71.0 Å². The molecule has 1 N–H and O–H groups in total. The van der Waals surface area contributed by atoms with Crippen molar-refractivity contribution in [3.05, 3.63) is 18.2 Å². The lowest BCUT2D eigenvalue weighted by Gasteiger charge is -2.53. The zero-order valence-corrected chi connectivity index (χ0v) is 19.0. The van der Waals surface area contributed by atoms with Crippen LogP contribution in [0.15, 0.2) is 12.4 Å². The predicted octanol–water partition coefficient (Wildman–Crippen LogP) is 1.21. The number of aryl methyl sites for hydroxylation is 1.